The van der Waals surface area contributed by atoms with Crippen LogP contribution >= 0.6 is 11.6 Å². The molecule has 0 saturated carbocycles. The van der Waals surface area contributed by atoms with E-state index >= 15 is 0 Å². The van der Waals surface area contributed by atoms with Crippen LogP contribution in [0.3, 0.4) is 0 Å². The Kier molecular flexibility index (Phi) is 9.93. The third-order valence-electron chi connectivity index (χ3n) is 6.75. The maximum Gasteiger partial charge on any atom is 0.243 e. The average molecular weight is 539 g/mol. The molecule has 5 heteroatoms. The van der Waals surface area contributed by atoms with Gasteiger partial charge in [-0.1, -0.05) is 115 Å². The number of hydrogen-bond donors (Lipinski definition) is 1. The molecule has 39 heavy (non-hydrogen) atoms. The number of benzene rings is 4. The molecule has 0 spiro atoms. The van der Waals surface area contributed by atoms with Gasteiger partial charge < -0.3 is 10.2 Å². The van der Waals surface area contributed by atoms with Gasteiger partial charge in [-0.2, -0.15) is 0 Å². The maximum atomic E-state index is 14.3. The molecule has 1 atom stereocenters. The van der Waals surface area contributed by atoms with E-state index in [1.54, 1.807) is 4.90 Å². The lowest BCUT2D eigenvalue weighted by atomic mass is 9.87. The number of amides is 2. The molecule has 0 saturated heterocycles. The molecule has 4 rings (SSSR count). The Morgan fingerprint density at radius 3 is 1.74 bits per heavy atom. The third kappa shape index (κ3) is 8.05. The van der Waals surface area contributed by atoms with E-state index < -0.39 is 6.04 Å². The summed E-state index contributed by atoms with van der Waals surface area (Å²) >= 11 is 6.15. The van der Waals surface area contributed by atoms with Gasteiger partial charge in [-0.3, -0.25) is 9.59 Å². The molecule has 1 N–H and O–H groups in total. The smallest absolute Gasteiger partial charge is 0.243 e. The first-order valence-corrected chi connectivity index (χ1v) is 13.8. The van der Waals surface area contributed by atoms with E-state index in [-0.39, 0.29) is 30.2 Å². The summed E-state index contributed by atoms with van der Waals surface area (Å²) in [6.07, 6.45) is 0.655. The van der Waals surface area contributed by atoms with Crippen molar-refractivity contribution in [3.63, 3.8) is 0 Å². The summed E-state index contributed by atoms with van der Waals surface area (Å²) in [7, 11) is 0. The third-order valence-corrected chi connectivity index (χ3v) is 7.00. The molecule has 0 unspecified atom stereocenters. The van der Waals surface area contributed by atoms with Crippen molar-refractivity contribution in [2.75, 3.05) is 0 Å². The van der Waals surface area contributed by atoms with E-state index in [9.17, 15) is 9.59 Å². The predicted octanol–water partition coefficient (Wildman–Crippen LogP) is 7.03. The SMILES string of the molecule is CC(C)NC(=O)[C@@H](Cc1ccccc1)N(Cc1ccc(Cl)cc1)C(=O)CC(c1ccccc1)c1ccccc1. The van der Waals surface area contributed by atoms with Crippen LogP contribution in [0.2, 0.25) is 5.02 Å². The van der Waals surface area contributed by atoms with E-state index in [2.05, 4.69) is 29.6 Å². The first-order chi connectivity index (χ1) is 18.9. The van der Waals surface area contributed by atoms with Crippen LogP contribution in [0.1, 0.15) is 48.4 Å². The fourth-order valence-corrected chi connectivity index (χ4v) is 4.94. The summed E-state index contributed by atoms with van der Waals surface area (Å²) in [6.45, 7) is 4.17. The number of halogens is 1. The van der Waals surface area contributed by atoms with Gasteiger partial charge in [0.25, 0.3) is 0 Å². The molecular weight excluding hydrogens is 504 g/mol. The molecule has 0 fully saturated rings. The Labute approximate surface area is 236 Å². The van der Waals surface area contributed by atoms with Crippen molar-refractivity contribution in [3.05, 3.63) is 143 Å². The molecule has 0 radical (unpaired) electrons. The van der Waals surface area contributed by atoms with Crippen molar-refractivity contribution < 1.29 is 9.59 Å². The number of carbonyl (C=O) groups excluding carboxylic acids is 2. The molecule has 2 amide bonds. The second-order valence-corrected chi connectivity index (χ2v) is 10.5. The number of nitrogens with one attached hydrogen (secondary N) is 1. The van der Waals surface area contributed by atoms with Gasteiger partial charge in [-0.15, -0.1) is 0 Å². The van der Waals surface area contributed by atoms with Crippen LogP contribution in [-0.2, 0) is 22.6 Å². The maximum absolute atomic E-state index is 14.3. The van der Waals surface area contributed by atoms with Gasteiger partial charge in [0.05, 0.1) is 0 Å². The Morgan fingerprint density at radius 2 is 1.23 bits per heavy atom. The van der Waals surface area contributed by atoms with Crippen molar-refractivity contribution in [2.24, 2.45) is 0 Å². The molecule has 4 aromatic carbocycles. The summed E-state index contributed by atoms with van der Waals surface area (Å²) in [5.74, 6) is -0.382. The molecule has 0 bridgehead atoms. The van der Waals surface area contributed by atoms with Crippen LogP contribution in [0.15, 0.2) is 115 Å². The van der Waals surface area contributed by atoms with Crippen molar-refractivity contribution >= 4 is 23.4 Å². The van der Waals surface area contributed by atoms with Gasteiger partial charge in [-0.25, -0.2) is 0 Å². The highest BCUT2D eigenvalue weighted by Gasteiger charge is 2.32. The Morgan fingerprint density at radius 1 is 0.718 bits per heavy atom. The Bertz CT molecular complexity index is 1290. The summed E-state index contributed by atoms with van der Waals surface area (Å²) in [5.41, 5.74) is 4.04. The van der Waals surface area contributed by atoms with Crippen molar-refractivity contribution in [2.45, 2.75) is 51.2 Å². The van der Waals surface area contributed by atoms with Gasteiger partial charge in [0.2, 0.25) is 11.8 Å². The second kappa shape index (κ2) is 13.8. The Balaban J connectivity index is 1.73. The van der Waals surface area contributed by atoms with Crippen LogP contribution in [0.5, 0.6) is 0 Å². The largest absolute Gasteiger partial charge is 0.352 e. The zero-order chi connectivity index (χ0) is 27.6. The van der Waals surface area contributed by atoms with E-state index in [0.29, 0.717) is 18.0 Å². The highest BCUT2D eigenvalue weighted by atomic mass is 35.5. The van der Waals surface area contributed by atoms with Crippen LogP contribution in [0.25, 0.3) is 0 Å². The zero-order valence-electron chi connectivity index (χ0n) is 22.5. The minimum absolute atomic E-state index is 0.0513. The molecule has 0 aliphatic carbocycles. The molecule has 4 nitrogen and oxygen atoms in total. The van der Waals surface area contributed by atoms with Gasteiger partial charge >= 0.3 is 0 Å². The number of rotatable bonds is 11. The second-order valence-electron chi connectivity index (χ2n) is 10.1. The summed E-state index contributed by atoms with van der Waals surface area (Å²) < 4.78 is 0. The van der Waals surface area contributed by atoms with Gasteiger partial charge in [-0.05, 0) is 48.2 Å². The monoisotopic (exact) mass is 538 g/mol. The fourth-order valence-electron chi connectivity index (χ4n) is 4.81. The minimum atomic E-state index is -0.676. The van der Waals surface area contributed by atoms with Crippen LogP contribution in [-0.4, -0.2) is 28.8 Å². The normalized spacial score (nSPS) is 11.8. The van der Waals surface area contributed by atoms with E-state index in [1.165, 1.54) is 0 Å². The van der Waals surface area contributed by atoms with Gasteiger partial charge in [0, 0.05) is 36.4 Å². The van der Waals surface area contributed by atoms with Crippen molar-refractivity contribution in [3.8, 4) is 0 Å². The lowest BCUT2D eigenvalue weighted by Crippen LogP contribution is -2.52. The van der Waals surface area contributed by atoms with Crippen LogP contribution in [0.4, 0.5) is 0 Å². The molecule has 0 aromatic heterocycles. The van der Waals surface area contributed by atoms with Gasteiger partial charge in [0.15, 0.2) is 0 Å². The number of carbonyl (C=O) groups is 2. The van der Waals surface area contributed by atoms with E-state index in [0.717, 1.165) is 22.3 Å². The summed E-state index contributed by atoms with van der Waals surface area (Å²) in [5, 5.41) is 3.68. The van der Waals surface area contributed by atoms with E-state index in [1.807, 2.05) is 105 Å². The standard InChI is InChI=1S/C34H35ClN2O2/c1-25(2)36-34(39)32(22-26-12-6-3-7-13-26)37(24-27-18-20-30(35)21-19-27)33(38)23-31(28-14-8-4-9-15-28)29-16-10-5-11-17-29/h3-21,25,31-32H,22-24H2,1-2H3,(H,36,39)/t32-/m1/s1. The number of nitrogens with zero attached hydrogens (tertiary/aromatic N) is 1. The van der Waals surface area contributed by atoms with Crippen molar-refractivity contribution in [1.29, 1.82) is 0 Å². The highest BCUT2D eigenvalue weighted by molar-refractivity contribution is 6.30. The number of hydrogen-bond acceptors (Lipinski definition) is 2. The van der Waals surface area contributed by atoms with Crippen LogP contribution < -0.4 is 5.32 Å². The topological polar surface area (TPSA) is 49.4 Å². The highest BCUT2D eigenvalue weighted by Crippen LogP contribution is 2.30. The first-order valence-electron chi connectivity index (χ1n) is 13.4. The average Bonchev–Trinajstić information content (AvgIpc) is 2.95. The quantitative estimate of drug-likeness (QED) is 0.223. The van der Waals surface area contributed by atoms with Crippen molar-refractivity contribution in [1.82, 2.24) is 10.2 Å². The van der Waals surface area contributed by atoms with Gasteiger partial charge in [0.1, 0.15) is 6.04 Å². The lowest BCUT2D eigenvalue weighted by molar-refractivity contribution is -0.141. The van der Waals surface area contributed by atoms with Crippen LogP contribution in [0, 0.1) is 0 Å². The molecule has 4 aromatic rings. The fraction of sp³-hybridized carbons (Fsp3) is 0.235. The molecule has 0 aliphatic heterocycles. The zero-order valence-corrected chi connectivity index (χ0v) is 23.2. The molecular formula is C34H35ClN2O2. The molecule has 0 aliphatic rings. The molecule has 0 heterocycles. The van der Waals surface area contributed by atoms with E-state index in [4.69, 9.17) is 11.6 Å². The predicted molar refractivity (Wildman–Crippen MR) is 159 cm³/mol. The summed E-state index contributed by atoms with van der Waals surface area (Å²) in [6, 6.07) is 36.8. The lowest BCUT2D eigenvalue weighted by Gasteiger charge is -2.33. The first kappa shape index (κ1) is 28.1. The summed E-state index contributed by atoms with van der Waals surface area (Å²) in [4.78, 5) is 29.7. The Hall–Kier alpha value is -3.89. The minimum Gasteiger partial charge on any atom is -0.352 e. The molecule has 200 valence electrons.